The maximum Gasteiger partial charge on any atom is 0.308 e. The molecule has 0 atom stereocenters. The maximum atomic E-state index is 12.6. The van der Waals surface area contributed by atoms with E-state index in [9.17, 15) is 14.4 Å². The van der Waals surface area contributed by atoms with Crippen LogP contribution in [-0.2, 0) is 20.9 Å². The van der Waals surface area contributed by atoms with Crippen LogP contribution in [0.15, 0.2) is 59.7 Å². The van der Waals surface area contributed by atoms with Gasteiger partial charge in [-0.15, -0.1) is 0 Å². The normalized spacial score (nSPS) is 10.7. The average molecular weight is 393 g/mol. The van der Waals surface area contributed by atoms with Crippen molar-refractivity contribution in [3.8, 4) is 0 Å². The Bertz CT molecular complexity index is 1080. The molecule has 3 aromatic rings. The summed E-state index contributed by atoms with van der Waals surface area (Å²) in [5.74, 6) is -0.842. The third kappa shape index (κ3) is 4.68. The molecule has 0 N–H and O–H groups in total. The summed E-state index contributed by atoms with van der Waals surface area (Å²) in [6, 6.07) is 14.6. The summed E-state index contributed by atoms with van der Waals surface area (Å²) < 4.78 is 6.49. The molecule has 2 aromatic carbocycles. The highest BCUT2D eigenvalue weighted by Gasteiger charge is 2.16. The molecule has 3 rings (SSSR count). The lowest BCUT2D eigenvalue weighted by atomic mass is 10.1. The van der Waals surface area contributed by atoms with Gasteiger partial charge in [-0.3, -0.25) is 19.0 Å². The van der Waals surface area contributed by atoms with Gasteiger partial charge in [0.25, 0.3) is 11.5 Å². The lowest BCUT2D eigenvalue weighted by Gasteiger charge is -2.20. The smallest absolute Gasteiger partial charge is 0.308 e. The monoisotopic (exact) mass is 393 g/mol. The molecule has 1 heterocycles. The highest BCUT2D eigenvalue weighted by atomic mass is 16.5. The van der Waals surface area contributed by atoms with Crippen LogP contribution in [0.3, 0.4) is 0 Å². The van der Waals surface area contributed by atoms with Crippen molar-refractivity contribution in [2.45, 2.75) is 26.8 Å². The second-order valence-electron chi connectivity index (χ2n) is 6.60. The quantitative estimate of drug-likeness (QED) is 0.577. The number of amides is 1. The second-order valence-corrected chi connectivity index (χ2v) is 6.60. The molecule has 0 aliphatic heterocycles. The van der Waals surface area contributed by atoms with E-state index in [1.165, 1.54) is 10.9 Å². The van der Waals surface area contributed by atoms with Crippen LogP contribution in [0.1, 0.15) is 18.9 Å². The molecular formula is C22H23N3O4. The van der Waals surface area contributed by atoms with Gasteiger partial charge in [-0.2, -0.15) is 0 Å². The van der Waals surface area contributed by atoms with Crippen molar-refractivity contribution in [1.29, 1.82) is 0 Å². The number of aromatic nitrogens is 2. The van der Waals surface area contributed by atoms with Gasteiger partial charge in [-0.1, -0.05) is 30.3 Å². The van der Waals surface area contributed by atoms with E-state index in [-0.39, 0.29) is 31.0 Å². The molecule has 7 nitrogen and oxygen atoms in total. The van der Waals surface area contributed by atoms with E-state index in [0.29, 0.717) is 17.4 Å². The number of hydrogen-bond donors (Lipinski definition) is 0. The van der Waals surface area contributed by atoms with Crippen molar-refractivity contribution in [3.63, 3.8) is 0 Å². The Hall–Kier alpha value is -3.48. The summed E-state index contributed by atoms with van der Waals surface area (Å²) in [7, 11) is 0. The number of fused-ring (bicyclic) bond motifs is 1. The molecule has 0 fully saturated rings. The fourth-order valence-corrected chi connectivity index (χ4v) is 3.11. The van der Waals surface area contributed by atoms with Gasteiger partial charge in [0.15, 0.2) is 6.61 Å². The number of likely N-dealkylation sites (N-methyl/N-ethyl adjacent to an activating group) is 1. The van der Waals surface area contributed by atoms with Gasteiger partial charge in [0.05, 0.1) is 23.7 Å². The molecule has 0 radical (unpaired) electrons. The zero-order chi connectivity index (χ0) is 20.8. The predicted molar refractivity (Wildman–Crippen MR) is 111 cm³/mol. The molecule has 0 spiro atoms. The topological polar surface area (TPSA) is 81.5 Å². The van der Waals surface area contributed by atoms with E-state index in [0.717, 1.165) is 11.3 Å². The van der Waals surface area contributed by atoms with E-state index in [1.807, 2.05) is 50.2 Å². The Morgan fingerprint density at radius 2 is 1.86 bits per heavy atom. The van der Waals surface area contributed by atoms with Gasteiger partial charge in [-0.05, 0) is 37.6 Å². The minimum absolute atomic E-state index is 0.0242. The fourth-order valence-electron chi connectivity index (χ4n) is 3.11. The summed E-state index contributed by atoms with van der Waals surface area (Å²) in [6.45, 7) is 4.01. The van der Waals surface area contributed by atoms with Crippen LogP contribution in [0.2, 0.25) is 0 Å². The highest BCUT2D eigenvalue weighted by Crippen LogP contribution is 2.13. The molecule has 0 aliphatic carbocycles. The molecule has 0 saturated heterocycles. The summed E-state index contributed by atoms with van der Waals surface area (Å²) in [5.41, 5.74) is 2.12. The highest BCUT2D eigenvalue weighted by molar-refractivity contribution is 5.95. The number of ether oxygens (including phenoxy) is 1. The first-order valence-corrected chi connectivity index (χ1v) is 9.47. The Morgan fingerprint density at radius 1 is 1.10 bits per heavy atom. The number of benzene rings is 2. The van der Waals surface area contributed by atoms with Gasteiger partial charge in [-0.25, -0.2) is 4.98 Å². The number of carbonyl (C=O) groups is 2. The van der Waals surface area contributed by atoms with Crippen LogP contribution in [-0.4, -0.2) is 34.6 Å². The van der Waals surface area contributed by atoms with Crippen molar-refractivity contribution in [2.24, 2.45) is 0 Å². The summed E-state index contributed by atoms with van der Waals surface area (Å²) in [6.07, 6.45) is 1.41. The number of carbonyl (C=O) groups excluding carboxylic acids is 2. The summed E-state index contributed by atoms with van der Waals surface area (Å²) >= 11 is 0. The molecule has 0 unspecified atom stereocenters. The second kappa shape index (κ2) is 9.14. The Kier molecular flexibility index (Phi) is 6.39. The van der Waals surface area contributed by atoms with Crippen molar-refractivity contribution in [1.82, 2.24) is 9.55 Å². The zero-order valence-corrected chi connectivity index (χ0v) is 16.5. The van der Waals surface area contributed by atoms with Gasteiger partial charge in [0.2, 0.25) is 0 Å². The minimum Gasteiger partial charge on any atom is -0.455 e. The van der Waals surface area contributed by atoms with E-state index in [2.05, 4.69) is 4.98 Å². The van der Waals surface area contributed by atoms with Crippen molar-refractivity contribution >= 4 is 28.5 Å². The van der Waals surface area contributed by atoms with Gasteiger partial charge in [0, 0.05) is 18.8 Å². The molecule has 150 valence electrons. The van der Waals surface area contributed by atoms with Crippen molar-refractivity contribution in [3.05, 3.63) is 70.8 Å². The molecule has 1 aromatic heterocycles. The molecule has 1 amide bonds. The van der Waals surface area contributed by atoms with Crippen LogP contribution >= 0.6 is 0 Å². The Balaban J connectivity index is 1.58. The van der Waals surface area contributed by atoms with Gasteiger partial charge in [0.1, 0.15) is 0 Å². The van der Waals surface area contributed by atoms with Crippen molar-refractivity contribution < 1.29 is 14.3 Å². The number of hydrogen-bond acceptors (Lipinski definition) is 5. The Labute approximate surface area is 168 Å². The third-order valence-electron chi connectivity index (χ3n) is 4.65. The molecule has 29 heavy (non-hydrogen) atoms. The average Bonchev–Trinajstić information content (AvgIpc) is 2.73. The number of rotatable bonds is 7. The summed E-state index contributed by atoms with van der Waals surface area (Å²) in [4.78, 5) is 42.9. The summed E-state index contributed by atoms with van der Waals surface area (Å²) in [5, 5.41) is 0.512. The van der Waals surface area contributed by atoms with Crippen LogP contribution < -0.4 is 10.5 Å². The van der Waals surface area contributed by atoms with Crippen LogP contribution in [0, 0.1) is 6.92 Å². The van der Waals surface area contributed by atoms with E-state index in [4.69, 9.17) is 4.74 Å². The van der Waals surface area contributed by atoms with E-state index in [1.54, 1.807) is 17.0 Å². The van der Waals surface area contributed by atoms with Gasteiger partial charge >= 0.3 is 5.97 Å². The largest absolute Gasteiger partial charge is 0.455 e. The standard InChI is InChI=1S/C22H23N3O4/c1-3-25(17-9-5-4-6-10-17)19(26)14-29-20(27)12-13-24-15-23-21-16(2)8-7-11-18(21)22(24)28/h4-11,15H,3,12-14H2,1-2H3. The first kappa shape index (κ1) is 20.3. The number of aryl methyl sites for hydroxylation is 2. The number of esters is 1. The first-order valence-electron chi connectivity index (χ1n) is 9.47. The van der Waals surface area contributed by atoms with Gasteiger partial charge < -0.3 is 9.64 Å². The first-order chi connectivity index (χ1) is 14.0. The molecule has 0 saturated carbocycles. The predicted octanol–water partition coefficient (Wildman–Crippen LogP) is 2.69. The van der Waals surface area contributed by atoms with Crippen LogP contribution in [0.4, 0.5) is 5.69 Å². The third-order valence-corrected chi connectivity index (χ3v) is 4.65. The number of nitrogens with zero attached hydrogens (tertiary/aromatic N) is 3. The number of para-hydroxylation sites is 2. The van der Waals surface area contributed by atoms with Crippen molar-refractivity contribution in [2.75, 3.05) is 18.1 Å². The fraction of sp³-hybridized carbons (Fsp3) is 0.273. The SMILES string of the molecule is CCN(C(=O)COC(=O)CCn1cnc2c(C)cccc2c1=O)c1ccccc1. The number of anilines is 1. The van der Waals surface area contributed by atoms with Crippen LogP contribution in [0.25, 0.3) is 10.9 Å². The molecular weight excluding hydrogens is 370 g/mol. The maximum absolute atomic E-state index is 12.6. The van der Waals surface area contributed by atoms with E-state index >= 15 is 0 Å². The zero-order valence-electron chi connectivity index (χ0n) is 16.5. The lowest BCUT2D eigenvalue weighted by molar-refractivity contribution is -0.148. The molecule has 7 heteroatoms. The Morgan fingerprint density at radius 3 is 2.59 bits per heavy atom. The molecule has 0 bridgehead atoms. The van der Waals surface area contributed by atoms with Crippen LogP contribution in [0.5, 0.6) is 0 Å². The molecule has 0 aliphatic rings. The lowest BCUT2D eigenvalue weighted by Crippen LogP contribution is -2.34. The minimum atomic E-state index is -0.543. The van der Waals surface area contributed by atoms with E-state index < -0.39 is 5.97 Å².